The first-order chi connectivity index (χ1) is 8.11. The zero-order chi connectivity index (χ0) is 12.4. The van der Waals surface area contributed by atoms with Gasteiger partial charge in [0.15, 0.2) is 17.3 Å². The van der Waals surface area contributed by atoms with Crippen LogP contribution in [-0.4, -0.2) is 31.4 Å². The molecule has 2 aromatic heterocycles. The fourth-order valence-electron chi connectivity index (χ4n) is 1.40. The van der Waals surface area contributed by atoms with Crippen molar-refractivity contribution in [1.29, 1.82) is 0 Å². The molecule has 0 amide bonds. The summed E-state index contributed by atoms with van der Waals surface area (Å²) in [6.07, 6.45) is 3.36. The number of aryl methyl sites for hydroxylation is 1. The van der Waals surface area contributed by atoms with Gasteiger partial charge in [0.25, 0.3) is 5.24 Å². The van der Waals surface area contributed by atoms with Gasteiger partial charge in [-0.3, -0.25) is 9.48 Å². The third-order valence-corrected chi connectivity index (χ3v) is 2.28. The highest BCUT2D eigenvalue weighted by Crippen LogP contribution is 2.20. The predicted molar refractivity (Wildman–Crippen MR) is 61.7 cm³/mol. The Morgan fingerprint density at radius 1 is 1.53 bits per heavy atom. The SMILES string of the molecule is CCOc1cn(-c2ccn(C)n2)nc1C(=O)Cl. The predicted octanol–water partition coefficient (Wildman–Crippen LogP) is 1.38. The second-order valence-corrected chi connectivity index (χ2v) is 3.68. The molecule has 17 heavy (non-hydrogen) atoms. The van der Waals surface area contributed by atoms with Crippen LogP contribution in [0, 0.1) is 0 Å². The molecule has 6 nitrogen and oxygen atoms in total. The summed E-state index contributed by atoms with van der Waals surface area (Å²) in [7, 11) is 1.80. The van der Waals surface area contributed by atoms with Crippen LogP contribution in [0.2, 0.25) is 0 Å². The molecule has 0 unspecified atom stereocenters. The highest BCUT2D eigenvalue weighted by molar-refractivity contribution is 6.67. The van der Waals surface area contributed by atoms with Crippen molar-refractivity contribution in [2.75, 3.05) is 6.61 Å². The van der Waals surface area contributed by atoms with Gasteiger partial charge in [-0.1, -0.05) is 0 Å². The van der Waals surface area contributed by atoms with Crippen LogP contribution in [0.4, 0.5) is 0 Å². The Balaban J connectivity index is 2.43. The number of rotatable bonds is 4. The first kappa shape index (κ1) is 11.7. The minimum Gasteiger partial charge on any atom is -0.490 e. The van der Waals surface area contributed by atoms with E-state index in [1.54, 1.807) is 30.2 Å². The molecular weight excluding hydrogens is 244 g/mol. The number of hydrogen-bond acceptors (Lipinski definition) is 4. The quantitative estimate of drug-likeness (QED) is 0.774. The average molecular weight is 255 g/mol. The molecule has 0 saturated carbocycles. The summed E-state index contributed by atoms with van der Waals surface area (Å²) in [6.45, 7) is 2.26. The summed E-state index contributed by atoms with van der Waals surface area (Å²) < 4.78 is 8.38. The van der Waals surface area contributed by atoms with E-state index >= 15 is 0 Å². The van der Waals surface area contributed by atoms with Crippen LogP contribution in [0.5, 0.6) is 5.75 Å². The van der Waals surface area contributed by atoms with Crippen molar-refractivity contribution in [3.63, 3.8) is 0 Å². The molecule has 0 spiro atoms. The van der Waals surface area contributed by atoms with Crippen LogP contribution >= 0.6 is 11.6 Å². The van der Waals surface area contributed by atoms with Gasteiger partial charge in [0, 0.05) is 19.3 Å². The highest BCUT2D eigenvalue weighted by atomic mass is 35.5. The molecule has 0 fully saturated rings. The van der Waals surface area contributed by atoms with E-state index in [1.165, 1.54) is 4.68 Å². The summed E-state index contributed by atoms with van der Waals surface area (Å²) in [4.78, 5) is 11.2. The lowest BCUT2D eigenvalue weighted by Crippen LogP contribution is -2.00. The summed E-state index contributed by atoms with van der Waals surface area (Å²) in [5, 5.41) is 7.56. The fraction of sp³-hybridized carbons (Fsp3) is 0.300. The van der Waals surface area contributed by atoms with Crippen LogP contribution in [0.25, 0.3) is 5.82 Å². The van der Waals surface area contributed by atoms with Crippen molar-refractivity contribution >= 4 is 16.8 Å². The van der Waals surface area contributed by atoms with Gasteiger partial charge in [-0.15, -0.1) is 0 Å². The van der Waals surface area contributed by atoms with Crippen LogP contribution in [0.1, 0.15) is 17.4 Å². The van der Waals surface area contributed by atoms with Crippen LogP contribution < -0.4 is 4.74 Å². The molecule has 0 aliphatic heterocycles. The van der Waals surface area contributed by atoms with Gasteiger partial charge in [0.05, 0.1) is 12.8 Å². The topological polar surface area (TPSA) is 61.9 Å². The lowest BCUT2D eigenvalue weighted by molar-refractivity contribution is 0.107. The van der Waals surface area contributed by atoms with E-state index in [9.17, 15) is 4.79 Å². The second-order valence-electron chi connectivity index (χ2n) is 3.34. The standard InChI is InChI=1S/C10H11ClN4O2/c1-3-17-7-6-15(13-9(7)10(11)16)8-4-5-14(2)12-8/h4-6H,3H2,1-2H3. The summed E-state index contributed by atoms with van der Waals surface area (Å²) in [5.74, 6) is 0.954. The fourth-order valence-corrected chi connectivity index (χ4v) is 1.53. The number of aromatic nitrogens is 4. The zero-order valence-electron chi connectivity index (χ0n) is 9.42. The molecule has 0 N–H and O–H groups in total. The molecule has 2 heterocycles. The van der Waals surface area contributed by atoms with Gasteiger partial charge in [-0.25, -0.2) is 4.68 Å². The highest BCUT2D eigenvalue weighted by Gasteiger charge is 2.17. The maximum absolute atomic E-state index is 11.2. The summed E-state index contributed by atoms with van der Waals surface area (Å²) in [6, 6.07) is 1.77. The van der Waals surface area contributed by atoms with Gasteiger partial charge < -0.3 is 4.74 Å². The monoisotopic (exact) mass is 254 g/mol. The van der Waals surface area contributed by atoms with Crippen LogP contribution in [0.3, 0.4) is 0 Å². The van der Waals surface area contributed by atoms with E-state index < -0.39 is 5.24 Å². The minimum atomic E-state index is -0.650. The van der Waals surface area contributed by atoms with E-state index in [-0.39, 0.29) is 5.69 Å². The van der Waals surface area contributed by atoms with E-state index in [1.807, 2.05) is 6.92 Å². The first-order valence-corrected chi connectivity index (χ1v) is 5.42. The third-order valence-electron chi connectivity index (χ3n) is 2.10. The smallest absolute Gasteiger partial charge is 0.276 e. The third kappa shape index (κ3) is 2.31. The molecule has 7 heteroatoms. The van der Waals surface area contributed by atoms with E-state index in [2.05, 4.69) is 10.2 Å². The Kier molecular flexibility index (Phi) is 3.14. The van der Waals surface area contributed by atoms with E-state index in [0.717, 1.165) is 0 Å². The zero-order valence-corrected chi connectivity index (χ0v) is 10.2. The Labute approximate surface area is 103 Å². The molecule has 0 bridgehead atoms. The average Bonchev–Trinajstić information content (AvgIpc) is 2.85. The van der Waals surface area contributed by atoms with E-state index in [4.69, 9.17) is 16.3 Å². The minimum absolute atomic E-state index is 0.0965. The molecule has 0 aliphatic carbocycles. The Morgan fingerprint density at radius 2 is 2.29 bits per heavy atom. The van der Waals surface area contributed by atoms with Crippen LogP contribution in [0.15, 0.2) is 18.5 Å². The van der Waals surface area contributed by atoms with Crippen LogP contribution in [-0.2, 0) is 7.05 Å². The van der Waals surface area contributed by atoms with Gasteiger partial charge in [0.1, 0.15) is 0 Å². The first-order valence-electron chi connectivity index (χ1n) is 5.04. The molecule has 2 aromatic rings. The number of nitrogens with zero attached hydrogens (tertiary/aromatic N) is 4. The molecular formula is C10H11ClN4O2. The lowest BCUT2D eigenvalue weighted by Gasteiger charge is -1.97. The molecule has 0 radical (unpaired) electrons. The summed E-state index contributed by atoms with van der Waals surface area (Å²) >= 11 is 5.43. The van der Waals surface area contributed by atoms with Gasteiger partial charge >= 0.3 is 0 Å². The molecule has 0 aromatic carbocycles. The van der Waals surface area contributed by atoms with Gasteiger partial charge in [-0.05, 0) is 18.5 Å². The Bertz CT molecular complexity index is 546. The molecule has 90 valence electrons. The van der Waals surface area contributed by atoms with E-state index in [0.29, 0.717) is 18.2 Å². The maximum Gasteiger partial charge on any atom is 0.276 e. The maximum atomic E-state index is 11.2. The number of ether oxygens (including phenoxy) is 1. The van der Waals surface area contributed by atoms with Crippen molar-refractivity contribution in [3.8, 4) is 11.6 Å². The van der Waals surface area contributed by atoms with Gasteiger partial charge in [0.2, 0.25) is 0 Å². The van der Waals surface area contributed by atoms with Crippen molar-refractivity contribution in [3.05, 3.63) is 24.2 Å². The number of carbonyl (C=O) groups excluding carboxylic acids is 1. The van der Waals surface area contributed by atoms with Crippen molar-refractivity contribution in [1.82, 2.24) is 19.6 Å². The van der Waals surface area contributed by atoms with Crippen molar-refractivity contribution < 1.29 is 9.53 Å². The largest absolute Gasteiger partial charge is 0.490 e. The number of hydrogen-bond donors (Lipinski definition) is 0. The van der Waals surface area contributed by atoms with Gasteiger partial charge in [-0.2, -0.15) is 10.2 Å². The number of halogens is 1. The molecule has 2 rings (SSSR count). The molecule has 0 atom stereocenters. The molecule has 0 aliphatic rings. The van der Waals surface area contributed by atoms with Crippen molar-refractivity contribution in [2.45, 2.75) is 6.92 Å². The molecule has 0 saturated heterocycles. The lowest BCUT2D eigenvalue weighted by atomic mass is 10.4. The van der Waals surface area contributed by atoms with Crippen molar-refractivity contribution in [2.24, 2.45) is 7.05 Å². The summed E-state index contributed by atoms with van der Waals surface area (Å²) in [5.41, 5.74) is 0.0965. The second kappa shape index (κ2) is 4.58. The normalized spacial score (nSPS) is 10.5. The number of carbonyl (C=O) groups is 1. The Morgan fingerprint density at radius 3 is 2.82 bits per heavy atom. The Hall–Kier alpha value is -1.82.